The lowest BCUT2D eigenvalue weighted by molar-refractivity contribution is 0.943. The number of anilines is 2. The molecular formula is C8H10N6S2. The first kappa shape index (κ1) is 12.5. The van der Waals surface area contributed by atoms with Gasteiger partial charge in [0.1, 0.15) is 21.7 Å². The minimum absolute atomic E-state index is 0.419. The number of aromatic nitrogens is 4. The van der Waals surface area contributed by atoms with Crippen molar-refractivity contribution in [2.24, 2.45) is 0 Å². The molecule has 84 valence electrons. The summed E-state index contributed by atoms with van der Waals surface area (Å²) in [6, 6.07) is 6.67. The van der Waals surface area contributed by atoms with Crippen molar-refractivity contribution in [2.45, 2.75) is 10.1 Å². The highest BCUT2D eigenvalue weighted by Crippen LogP contribution is 1.99. The van der Waals surface area contributed by atoms with Gasteiger partial charge < -0.3 is 11.5 Å². The molecule has 0 saturated heterocycles. The quantitative estimate of drug-likeness (QED) is 0.516. The Morgan fingerprint density at radius 2 is 1.06 bits per heavy atom. The molecule has 2 heterocycles. The van der Waals surface area contributed by atoms with Crippen molar-refractivity contribution in [3.63, 3.8) is 0 Å². The van der Waals surface area contributed by atoms with Crippen LogP contribution in [-0.2, 0) is 0 Å². The maximum absolute atomic E-state index is 5.22. The standard InChI is InChI=1S/2C4H5N3S/c2*5-3-1-2-4(8)7-6-3/h2*1-2H,(H2,5,6)(H,7,8). The number of hydrogen-bond acceptors (Lipinski definition) is 8. The summed E-state index contributed by atoms with van der Waals surface area (Å²) in [5, 5.41) is 15.4. The highest BCUT2D eigenvalue weighted by molar-refractivity contribution is 7.80. The molecule has 0 unspecified atom stereocenters. The summed E-state index contributed by atoms with van der Waals surface area (Å²) < 4.78 is 0. The second kappa shape index (κ2) is 6.13. The number of rotatable bonds is 0. The molecule has 0 amide bonds. The van der Waals surface area contributed by atoms with E-state index >= 15 is 0 Å². The summed E-state index contributed by atoms with van der Waals surface area (Å²) in [5.74, 6) is 0.839. The molecule has 0 spiro atoms. The lowest BCUT2D eigenvalue weighted by Crippen LogP contribution is -1.90. The van der Waals surface area contributed by atoms with Crippen molar-refractivity contribution in [1.82, 2.24) is 20.4 Å². The van der Waals surface area contributed by atoms with Gasteiger partial charge in [0.15, 0.2) is 0 Å². The summed E-state index contributed by atoms with van der Waals surface area (Å²) in [5.41, 5.74) is 10.4. The van der Waals surface area contributed by atoms with Gasteiger partial charge >= 0.3 is 0 Å². The number of hydrogen-bond donors (Lipinski definition) is 4. The molecule has 4 N–H and O–H groups in total. The van der Waals surface area contributed by atoms with E-state index in [1.807, 2.05) is 0 Å². The number of thiol groups is 2. The van der Waals surface area contributed by atoms with Gasteiger partial charge in [-0.3, -0.25) is 0 Å². The molecule has 0 radical (unpaired) electrons. The Bertz CT molecular complexity index is 344. The Labute approximate surface area is 103 Å². The number of nitrogens with two attached hydrogens (primary N) is 2. The largest absolute Gasteiger partial charge is 0.382 e. The van der Waals surface area contributed by atoms with Crippen LogP contribution in [0.4, 0.5) is 11.6 Å². The monoisotopic (exact) mass is 254 g/mol. The molecule has 8 heteroatoms. The SMILES string of the molecule is Nc1ccc(S)nn1.Nc1ccc(S)nn1. The fraction of sp³-hybridized carbons (Fsp3) is 0. The average molecular weight is 254 g/mol. The van der Waals surface area contributed by atoms with E-state index in [4.69, 9.17) is 11.5 Å². The van der Waals surface area contributed by atoms with Crippen molar-refractivity contribution in [1.29, 1.82) is 0 Å². The molecule has 2 aromatic rings. The zero-order valence-corrected chi connectivity index (χ0v) is 9.94. The molecule has 0 aliphatic heterocycles. The third kappa shape index (κ3) is 4.80. The molecular weight excluding hydrogens is 244 g/mol. The van der Waals surface area contributed by atoms with Crippen molar-refractivity contribution < 1.29 is 0 Å². The number of nitrogen functional groups attached to an aromatic ring is 2. The highest BCUT2D eigenvalue weighted by atomic mass is 32.1. The van der Waals surface area contributed by atoms with Gasteiger partial charge in [-0.1, -0.05) is 0 Å². The fourth-order valence-electron chi connectivity index (χ4n) is 0.671. The van der Waals surface area contributed by atoms with Crippen molar-refractivity contribution in [3.05, 3.63) is 24.3 Å². The smallest absolute Gasteiger partial charge is 0.146 e. The van der Waals surface area contributed by atoms with Gasteiger partial charge in [0, 0.05) is 0 Å². The van der Waals surface area contributed by atoms with Gasteiger partial charge in [-0.15, -0.1) is 45.7 Å². The van der Waals surface area contributed by atoms with Crippen LogP contribution in [-0.4, -0.2) is 20.4 Å². The van der Waals surface area contributed by atoms with E-state index in [1.165, 1.54) is 0 Å². The zero-order chi connectivity index (χ0) is 12.0. The van der Waals surface area contributed by atoms with Crippen LogP contribution in [0.15, 0.2) is 34.3 Å². The van der Waals surface area contributed by atoms with Crippen LogP contribution in [0.2, 0.25) is 0 Å². The van der Waals surface area contributed by atoms with E-state index in [9.17, 15) is 0 Å². The van der Waals surface area contributed by atoms with Gasteiger partial charge in [0.05, 0.1) is 0 Å². The predicted octanol–water partition coefficient (Wildman–Crippen LogP) is 0.695. The average Bonchev–Trinajstić information content (AvgIpc) is 2.28. The van der Waals surface area contributed by atoms with Crippen molar-refractivity contribution in [2.75, 3.05) is 11.5 Å². The Kier molecular flexibility index (Phi) is 4.80. The molecule has 6 nitrogen and oxygen atoms in total. The van der Waals surface area contributed by atoms with E-state index in [0.29, 0.717) is 21.7 Å². The maximum atomic E-state index is 5.22. The summed E-state index contributed by atoms with van der Waals surface area (Å²) in [4.78, 5) is 0. The Balaban J connectivity index is 0.000000160. The van der Waals surface area contributed by atoms with Gasteiger partial charge in [-0.25, -0.2) is 0 Å². The molecule has 0 fully saturated rings. The van der Waals surface area contributed by atoms with Crippen LogP contribution in [0, 0.1) is 0 Å². The minimum atomic E-state index is 0.419. The molecule has 2 aromatic heterocycles. The molecule has 0 aromatic carbocycles. The van der Waals surface area contributed by atoms with Crippen LogP contribution >= 0.6 is 25.3 Å². The molecule has 0 aliphatic carbocycles. The van der Waals surface area contributed by atoms with E-state index < -0.39 is 0 Å². The number of nitrogens with zero attached hydrogens (tertiary/aromatic N) is 4. The van der Waals surface area contributed by atoms with E-state index in [-0.39, 0.29) is 0 Å². The predicted molar refractivity (Wildman–Crippen MR) is 67.4 cm³/mol. The molecule has 0 bridgehead atoms. The van der Waals surface area contributed by atoms with E-state index in [0.717, 1.165) is 0 Å². The molecule has 16 heavy (non-hydrogen) atoms. The molecule has 2 rings (SSSR count). The second-order valence-corrected chi connectivity index (χ2v) is 3.55. The summed E-state index contributed by atoms with van der Waals surface area (Å²) >= 11 is 7.80. The first-order valence-corrected chi connectivity index (χ1v) is 5.03. The van der Waals surface area contributed by atoms with Crippen molar-refractivity contribution >= 4 is 36.9 Å². The van der Waals surface area contributed by atoms with Crippen LogP contribution in [0.5, 0.6) is 0 Å². The topological polar surface area (TPSA) is 104 Å². The maximum Gasteiger partial charge on any atom is 0.146 e. The van der Waals surface area contributed by atoms with Crippen molar-refractivity contribution in [3.8, 4) is 0 Å². The molecule has 0 aliphatic rings. The van der Waals surface area contributed by atoms with E-state index in [2.05, 4.69) is 45.7 Å². The van der Waals surface area contributed by atoms with Gasteiger partial charge in [0.2, 0.25) is 0 Å². The fourth-order valence-corrected chi connectivity index (χ4v) is 0.910. The van der Waals surface area contributed by atoms with Gasteiger partial charge in [-0.05, 0) is 24.3 Å². The Hall–Kier alpha value is -1.54. The van der Waals surface area contributed by atoms with Crippen LogP contribution in [0.25, 0.3) is 0 Å². The minimum Gasteiger partial charge on any atom is -0.382 e. The van der Waals surface area contributed by atoms with Crippen LogP contribution < -0.4 is 11.5 Å². The first-order chi connectivity index (χ1) is 7.58. The van der Waals surface area contributed by atoms with Gasteiger partial charge in [0.25, 0.3) is 0 Å². The lowest BCUT2D eigenvalue weighted by atomic mass is 10.5. The first-order valence-electron chi connectivity index (χ1n) is 4.14. The normalized spacial score (nSPS) is 9.12. The Morgan fingerprint density at radius 3 is 1.25 bits per heavy atom. The van der Waals surface area contributed by atoms with Gasteiger partial charge in [-0.2, -0.15) is 0 Å². The summed E-state index contributed by atoms with van der Waals surface area (Å²) in [7, 11) is 0. The summed E-state index contributed by atoms with van der Waals surface area (Å²) in [6.07, 6.45) is 0. The third-order valence-corrected chi connectivity index (χ3v) is 1.82. The third-order valence-electron chi connectivity index (χ3n) is 1.34. The summed E-state index contributed by atoms with van der Waals surface area (Å²) in [6.45, 7) is 0. The molecule has 0 saturated carbocycles. The second-order valence-electron chi connectivity index (χ2n) is 2.63. The van der Waals surface area contributed by atoms with Crippen LogP contribution in [0.1, 0.15) is 0 Å². The Morgan fingerprint density at radius 1 is 0.688 bits per heavy atom. The molecule has 0 atom stereocenters. The highest BCUT2D eigenvalue weighted by Gasteiger charge is 1.85. The zero-order valence-electron chi connectivity index (χ0n) is 8.15. The lowest BCUT2D eigenvalue weighted by Gasteiger charge is -1.87. The van der Waals surface area contributed by atoms with Crippen LogP contribution in [0.3, 0.4) is 0 Å². The van der Waals surface area contributed by atoms with E-state index in [1.54, 1.807) is 24.3 Å².